The van der Waals surface area contributed by atoms with Crippen molar-refractivity contribution in [2.45, 2.75) is 45.8 Å². The molecule has 0 saturated heterocycles. The van der Waals surface area contributed by atoms with E-state index in [-0.39, 0.29) is 24.7 Å². The highest BCUT2D eigenvalue weighted by Crippen LogP contribution is 2.34. The summed E-state index contributed by atoms with van der Waals surface area (Å²) in [5, 5.41) is 2.35. The number of ether oxygens (including phenoxy) is 1. The Bertz CT molecular complexity index is 946. The number of hydrogen-bond acceptors (Lipinski definition) is 3. The van der Waals surface area contributed by atoms with Crippen molar-refractivity contribution in [3.63, 3.8) is 0 Å². The summed E-state index contributed by atoms with van der Waals surface area (Å²) in [7, 11) is 1.89. The Balaban J connectivity index is 2.19. The molecule has 7 nitrogen and oxygen atoms in total. The molecule has 2 rings (SSSR count). The number of urea groups is 1. The summed E-state index contributed by atoms with van der Waals surface area (Å²) >= 11 is 0. The molecule has 10 heteroatoms. The number of carbonyl (C=O) groups is 2. The molecule has 1 aromatic carbocycles. The Morgan fingerprint density at radius 1 is 1.03 bits per heavy atom. The van der Waals surface area contributed by atoms with Crippen LogP contribution in [0.15, 0.2) is 42.6 Å². The standard InChI is InChI=1S/C25H35F3N4O3/c1-4-6-15-31(18-20-11-9-14-30(20)3)23(33)19-32(16-10-17-35-5-2)24(34)29-22-13-8-7-12-21(22)25(26,27)28/h7-9,11-14H,4-6,10,15-19H2,1-3H3,(H,29,34). The van der Waals surface area contributed by atoms with Gasteiger partial charge < -0.3 is 24.4 Å². The van der Waals surface area contributed by atoms with E-state index in [0.29, 0.717) is 32.7 Å². The zero-order chi connectivity index (χ0) is 25.8. The minimum Gasteiger partial charge on any atom is -0.382 e. The van der Waals surface area contributed by atoms with Crippen molar-refractivity contribution in [2.24, 2.45) is 7.05 Å². The molecular formula is C25H35F3N4O3. The highest BCUT2D eigenvalue weighted by Gasteiger charge is 2.34. The highest BCUT2D eigenvalue weighted by molar-refractivity contribution is 5.93. The van der Waals surface area contributed by atoms with Crippen LogP contribution >= 0.6 is 0 Å². The number of hydrogen-bond donors (Lipinski definition) is 1. The van der Waals surface area contributed by atoms with Crippen molar-refractivity contribution in [3.05, 3.63) is 53.9 Å². The average molecular weight is 497 g/mol. The summed E-state index contributed by atoms with van der Waals surface area (Å²) in [4.78, 5) is 29.2. The third-order valence-electron chi connectivity index (χ3n) is 5.55. The number of aromatic nitrogens is 1. The summed E-state index contributed by atoms with van der Waals surface area (Å²) in [6, 6.07) is 7.84. The molecule has 1 aromatic heterocycles. The minimum atomic E-state index is -4.62. The predicted molar refractivity (Wildman–Crippen MR) is 129 cm³/mol. The number of halogens is 3. The summed E-state index contributed by atoms with van der Waals surface area (Å²) in [6.07, 6.45) is -0.591. The Hall–Kier alpha value is -3.01. The van der Waals surface area contributed by atoms with Gasteiger partial charge in [-0.2, -0.15) is 13.2 Å². The van der Waals surface area contributed by atoms with Gasteiger partial charge in [-0.15, -0.1) is 0 Å². The molecule has 1 heterocycles. The first-order valence-electron chi connectivity index (χ1n) is 11.8. The number of rotatable bonds is 13. The number of nitrogens with zero attached hydrogens (tertiary/aromatic N) is 3. The van der Waals surface area contributed by atoms with E-state index in [1.807, 2.05) is 43.8 Å². The Morgan fingerprint density at radius 2 is 1.74 bits per heavy atom. The van der Waals surface area contributed by atoms with E-state index in [0.717, 1.165) is 24.6 Å². The summed E-state index contributed by atoms with van der Waals surface area (Å²) in [5.74, 6) is -0.268. The second-order valence-electron chi connectivity index (χ2n) is 8.22. The number of amides is 3. The summed E-state index contributed by atoms with van der Waals surface area (Å²) < 4.78 is 47.4. The van der Waals surface area contributed by atoms with E-state index in [1.54, 1.807) is 4.90 Å². The second kappa shape index (κ2) is 13.8. The van der Waals surface area contributed by atoms with Crippen LogP contribution in [0.1, 0.15) is 44.4 Å². The van der Waals surface area contributed by atoms with Crippen molar-refractivity contribution in [3.8, 4) is 0 Å². The lowest BCUT2D eigenvalue weighted by molar-refractivity contribution is -0.137. The number of benzene rings is 1. The molecule has 0 unspecified atom stereocenters. The molecular weight excluding hydrogens is 461 g/mol. The van der Waals surface area contributed by atoms with Gasteiger partial charge in [0.25, 0.3) is 0 Å². The predicted octanol–water partition coefficient (Wildman–Crippen LogP) is 5.13. The van der Waals surface area contributed by atoms with Crippen LogP contribution in [0.2, 0.25) is 0 Å². The summed E-state index contributed by atoms with van der Waals surface area (Å²) in [6.45, 7) is 5.56. The van der Waals surface area contributed by atoms with Gasteiger partial charge in [-0.25, -0.2) is 4.79 Å². The third kappa shape index (κ3) is 8.93. The van der Waals surface area contributed by atoms with Crippen LogP contribution in [-0.2, 0) is 29.3 Å². The average Bonchev–Trinajstić information content (AvgIpc) is 3.22. The van der Waals surface area contributed by atoms with Gasteiger partial charge >= 0.3 is 12.2 Å². The number of nitrogens with one attached hydrogen (secondary N) is 1. The van der Waals surface area contributed by atoms with Crippen LogP contribution in [0, 0.1) is 0 Å². The smallest absolute Gasteiger partial charge is 0.382 e. The number of unbranched alkanes of at least 4 members (excludes halogenated alkanes) is 1. The number of aryl methyl sites for hydroxylation is 1. The van der Waals surface area contributed by atoms with Gasteiger partial charge in [0.05, 0.1) is 17.8 Å². The van der Waals surface area contributed by atoms with Crippen molar-refractivity contribution in [1.82, 2.24) is 14.4 Å². The van der Waals surface area contributed by atoms with E-state index in [4.69, 9.17) is 4.74 Å². The number of anilines is 1. The fraction of sp³-hybridized carbons (Fsp3) is 0.520. The molecule has 0 aliphatic carbocycles. The minimum absolute atomic E-state index is 0.164. The Morgan fingerprint density at radius 3 is 2.37 bits per heavy atom. The van der Waals surface area contributed by atoms with Crippen LogP contribution in [0.5, 0.6) is 0 Å². The van der Waals surface area contributed by atoms with E-state index >= 15 is 0 Å². The maximum atomic E-state index is 13.4. The zero-order valence-electron chi connectivity index (χ0n) is 20.6. The first-order valence-corrected chi connectivity index (χ1v) is 11.8. The Kier molecular flexibility index (Phi) is 11.1. The number of alkyl halides is 3. The van der Waals surface area contributed by atoms with E-state index in [9.17, 15) is 22.8 Å². The number of carbonyl (C=O) groups excluding carboxylic acids is 2. The zero-order valence-corrected chi connectivity index (χ0v) is 20.6. The molecule has 0 aliphatic heterocycles. The van der Waals surface area contributed by atoms with Crippen molar-refractivity contribution in [1.29, 1.82) is 0 Å². The Labute approximate surface area is 204 Å². The van der Waals surface area contributed by atoms with Crippen LogP contribution in [0.4, 0.5) is 23.7 Å². The van der Waals surface area contributed by atoms with E-state index in [1.165, 1.54) is 23.1 Å². The molecule has 35 heavy (non-hydrogen) atoms. The molecule has 1 N–H and O–H groups in total. The van der Waals surface area contributed by atoms with Gasteiger partial charge in [0.1, 0.15) is 6.54 Å². The van der Waals surface area contributed by atoms with Gasteiger partial charge in [0.15, 0.2) is 0 Å². The molecule has 194 valence electrons. The van der Waals surface area contributed by atoms with Gasteiger partial charge in [0.2, 0.25) is 5.91 Å². The molecule has 0 spiro atoms. The third-order valence-corrected chi connectivity index (χ3v) is 5.55. The largest absolute Gasteiger partial charge is 0.418 e. The lowest BCUT2D eigenvalue weighted by atomic mass is 10.1. The second-order valence-corrected chi connectivity index (χ2v) is 8.22. The van der Waals surface area contributed by atoms with Crippen molar-refractivity contribution < 1.29 is 27.5 Å². The number of para-hydroxylation sites is 1. The van der Waals surface area contributed by atoms with E-state index in [2.05, 4.69) is 5.32 Å². The fourth-order valence-electron chi connectivity index (χ4n) is 3.55. The van der Waals surface area contributed by atoms with E-state index < -0.39 is 17.8 Å². The fourth-order valence-corrected chi connectivity index (χ4v) is 3.55. The lowest BCUT2D eigenvalue weighted by Gasteiger charge is -2.28. The van der Waals surface area contributed by atoms with Gasteiger partial charge in [-0.1, -0.05) is 25.5 Å². The molecule has 0 atom stereocenters. The topological polar surface area (TPSA) is 66.8 Å². The molecule has 2 aromatic rings. The molecule has 0 bridgehead atoms. The molecule has 0 fully saturated rings. The van der Waals surface area contributed by atoms with Crippen LogP contribution < -0.4 is 5.32 Å². The highest BCUT2D eigenvalue weighted by atomic mass is 19.4. The van der Waals surface area contributed by atoms with Crippen LogP contribution in [0.3, 0.4) is 0 Å². The molecule has 0 radical (unpaired) electrons. The SMILES string of the molecule is CCCCN(Cc1cccn1C)C(=O)CN(CCCOCC)C(=O)Nc1ccccc1C(F)(F)F. The van der Waals surface area contributed by atoms with Gasteiger partial charge in [-0.05, 0) is 44.0 Å². The first-order chi connectivity index (χ1) is 16.7. The molecule has 3 amide bonds. The summed E-state index contributed by atoms with van der Waals surface area (Å²) in [5.41, 5.74) is -0.345. The molecule has 0 saturated carbocycles. The lowest BCUT2D eigenvalue weighted by Crippen LogP contribution is -2.45. The first kappa shape index (κ1) is 28.2. The van der Waals surface area contributed by atoms with Crippen LogP contribution in [-0.4, -0.2) is 59.2 Å². The molecule has 0 aliphatic rings. The van der Waals surface area contributed by atoms with Crippen molar-refractivity contribution in [2.75, 3.05) is 38.2 Å². The maximum absolute atomic E-state index is 13.4. The monoisotopic (exact) mass is 496 g/mol. The van der Waals surface area contributed by atoms with Gasteiger partial charge in [0, 0.05) is 45.2 Å². The van der Waals surface area contributed by atoms with Gasteiger partial charge in [-0.3, -0.25) is 4.79 Å². The quantitative estimate of drug-likeness (QED) is 0.391. The van der Waals surface area contributed by atoms with Crippen LogP contribution in [0.25, 0.3) is 0 Å². The van der Waals surface area contributed by atoms with Crippen molar-refractivity contribution >= 4 is 17.6 Å². The normalized spacial score (nSPS) is 11.4. The maximum Gasteiger partial charge on any atom is 0.418 e.